The minimum Gasteiger partial charge on any atom is -0.481 e. The predicted octanol–water partition coefficient (Wildman–Crippen LogP) is 2.75. The van der Waals surface area contributed by atoms with Crippen LogP contribution in [-0.4, -0.2) is 59.8 Å². The highest BCUT2D eigenvalue weighted by atomic mass is 16.7. The molecule has 5 rings (SSSR count). The van der Waals surface area contributed by atoms with Crippen LogP contribution in [0.15, 0.2) is 29.3 Å². The predicted molar refractivity (Wildman–Crippen MR) is 114 cm³/mol. The van der Waals surface area contributed by atoms with E-state index >= 15 is 0 Å². The van der Waals surface area contributed by atoms with Gasteiger partial charge in [0.1, 0.15) is 0 Å². The van der Waals surface area contributed by atoms with Gasteiger partial charge in [-0.05, 0) is 56.2 Å². The summed E-state index contributed by atoms with van der Waals surface area (Å²) < 4.78 is 10.8. The number of amides is 1. The van der Waals surface area contributed by atoms with E-state index < -0.39 is 17.8 Å². The van der Waals surface area contributed by atoms with Crippen LogP contribution < -0.4 is 9.47 Å². The fraction of sp³-hybridized carbons (Fsp3) is 0.583. The Morgan fingerprint density at radius 1 is 1.00 bits per heavy atom. The molecule has 4 aliphatic rings. The third kappa shape index (κ3) is 3.49. The van der Waals surface area contributed by atoms with E-state index in [0.717, 1.165) is 49.5 Å². The number of benzene rings is 1. The van der Waals surface area contributed by atoms with Gasteiger partial charge >= 0.3 is 5.97 Å². The van der Waals surface area contributed by atoms with Crippen LogP contribution in [0, 0.1) is 23.7 Å². The van der Waals surface area contributed by atoms with E-state index in [1.165, 1.54) is 11.1 Å². The summed E-state index contributed by atoms with van der Waals surface area (Å²) in [5.74, 6) is -0.0219. The van der Waals surface area contributed by atoms with Crippen molar-refractivity contribution in [2.75, 3.05) is 33.0 Å². The van der Waals surface area contributed by atoms with E-state index in [1.54, 1.807) is 0 Å². The van der Waals surface area contributed by atoms with Gasteiger partial charge in [0, 0.05) is 32.7 Å². The van der Waals surface area contributed by atoms with Crippen molar-refractivity contribution in [3.8, 4) is 11.5 Å². The Morgan fingerprint density at radius 2 is 1.68 bits per heavy atom. The largest absolute Gasteiger partial charge is 0.481 e. The molecule has 1 saturated heterocycles. The summed E-state index contributed by atoms with van der Waals surface area (Å²) in [7, 11) is 0. The topological polar surface area (TPSA) is 79.3 Å². The summed E-state index contributed by atoms with van der Waals surface area (Å²) in [6.07, 6.45) is 1.84. The van der Waals surface area contributed by atoms with Crippen molar-refractivity contribution < 1.29 is 24.2 Å². The summed E-state index contributed by atoms with van der Waals surface area (Å²) in [5, 5.41) is 9.90. The van der Waals surface area contributed by atoms with E-state index in [-0.39, 0.29) is 24.5 Å². The number of nitrogens with zero attached hydrogens (tertiary/aromatic N) is 2. The highest BCUT2D eigenvalue weighted by Crippen LogP contribution is 2.57. The lowest BCUT2D eigenvalue weighted by Gasteiger charge is -2.38. The first kappa shape index (κ1) is 20.4. The van der Waals surface area contributed by atoms with Gasteiger partial charge < -0.3 is 19.5 Å². The van der Waals surface area contributed by atoms with Crippen LogP contribution in [0.4, 0.5) is 0 Å². The number of piperazine rings is 1. The number of aliphatic carboxylic acids is 1. The van der Waals surface area contributed by atoms with Gasteiger partial charge in [-0.25, -0.2) is 0 Å². The summed E-state index contributed by atoms with van der Waals surface area (Å²) in [6, 6.07) is 6.02. The van der Waals surface area contributed by atoms with Crippen molar-refractivity contribution in [1.82, 2.24) is 9.80 Å². The summed E-state index contributed by atoms with van der Waals surface area (Å²) >= 11 is 0. The van der Waals surface area contributed by atoms with Crippen LogP contribution in [0.25, 0.3) is 0 Å². The van der Waals surface area contributed by atoms with Crippen LogP contribution in [0.1, 0.15) is 32.3 Å². The Hall–Kier alpha value is -2.54. The third-order valence-electron chi connectivity index (χ3n) is 7.52. The number of carboxylic acid groups (broad SMARTS) is 1. The van der Waals surface area contributed by atoms with E-state index in [1.807, 2.05) is 17.0 Å². The van der Waals surface area contributed by atoms with Gasteiger partial charge in [0.05, 0.1) is 11.8 Å². The van der Waals surface area contributed by atoms with Gasteiger partial charge in [-0.1, -0.05) is 17.2 Å². The molecular weight excluding hydrogens is 396 g/mol. The highest BCUT2D eigenvalue weighted by molar-refractivity contribution is 5.87. The van der Waals surface area contributed by atoms with Crippen LogP contribution in [-0.2, 0) is 16.1 Å². The number of allylic oxidation sites excluding steroid dienone is 2. The molecule has 3 fully saturated rings. The molecule has 1 aromatic rings. The number of hydrogen-bond acceptors (Lipinski definition) is 5. The second-order valence-electron chi connectivity index (χ2n) is 9.42. The number of carbonyl (C=O) groups is 2. The average molecular weight is 427 g/mol. The van der Waals surface area contributed by atoms with Crippen molar-refractivity contribution in [2.24, 2.45) is 23.7 Å². The first-order valence-corrected chi connectivity index (χ1v) is 11.2. The van der Waals surface area contributed by atoms with Gasteiger partial charge in [-0.2, -0.15) is 0 Å². The maximum absolute atomic E-state index is 13.5. The molecule has 7 heteroatoms. The van der Waals surface area contributed by atoms with E-state index in [9.17, 15) is 14.7 Å². The number of carboxylic acids is 1. The zero-order chi connectivity index (χ0) is 21.7. The molecule has 4 atom stereocenters. The smallest absolute Gasteiger partial charge is 0.307 e. The Kier molecular flexibility index (Phi) is 5.16. The molecule has 1 aromatic carbocycles. The van der Waals surface area contributed by atoms with E-state index in [0.29, 0.717) is 13.1 Å². The van der Waals surface area contributed by atoms with E-state index in [2.05, 4.69) is 24.8 Å². The van der Waals surface area contributed by atoms with Crippen molar-refractivity contribution in [1.29, 1.82) is 0 Å². The highest BCUT2D eigenvalue weighted by Gasteiger charge is 2.58. The quantitative estimate of drug-likeness (QED) is 0.746. The zero-order valence-electron chi connectivity index (χ0n) is 18.2. The summed E-state index contributed by atoms with van der Waals surface area (Å²) in [4.78, 5) is 29.8. The molecule has 2 aliphatic heterocycles. The number of carbonyl (C=O) groups excluding carboxylic acids is 1. The number of hydrogen-bond donors (Lipinski definition) is 1. The first-order valence-electron chi connectivity index (χ1n) is 11.2. The van der Waals surface area contributed by atoms with Crippen molar-refractivity contribution >= 4 is 11.9 Å². The Balaban J connectivity index is 1.24. The fourth-order valence-corrected chi connectivity index (χ4v) is 6.22. The standard InChI is InChI=1S/C24H30N2O5/c1-14(2)20-16-4-5-17(20)22(24(28)29)21(16)23(27)26-9-7-25(8-10-26)12-15-3-6-18-19(11-15)31-13-30-18/h3,6,11,16-17,21-22H,4-5,7-10,12-13H2,1-2H3,(H,28,29)/t16-,17+,21-,22-/m1/s1. The SMILES string of the molecule is CC(C)=C1[C@H]2CC[C@@H]1[C@@H](C(=O)O)[C@@H]2C(=O)N1CCN(Cc2ccc3c(c2)OCO3)CC1. The van der Waals surface area contributed by atoms with Crippen LogP contribution in [0.3, 0.4) is 0 Å². The van der Waals surface area contributed by atoms with E-state index in [4.69, 9.17) is 9.47 Å². The lowest BCUT2D eigenvalue weighted by Crippen LogP contribution is -2.52. The normalized spacial score (nSPS) is 29.5. The molecule has 7 nitrogen and oxygen atoms in total. The zero-order valence-corrected chi connectivity index (χ0v) is 18.2. The van der Waals surface area contributed by atoms with Crippen molar-refractivity contribution in [3.63, 3.8) is 0 Å². The molecule has 0 spiro atoms. The second-order valence-corrected chi connectivity index (χ2v) is 9.42. The first-order chi connectivity index (χ1) is 14.9. The maximum Gasteiger partial charge on any atom is 0.307 e. The molecule has 0 aromatic heterocycles. The maximum atomic E-state index is 13.5. The Morgan fingerprint density at radius 3 is 2.35 bits per heavy atom. The monoisotopic (exact) mass is 426 g/mol. The average Bonchev–Trinajstić information content (AvgIpc) is 3.46. The number of ether oxygens (including phenoxy) is 2. The molecule has 0 unspecified atom stereocenters. The number of fused-ring (bicyclic) bond motifs is 3. The Bertz CT molecular complexity index is 930. The molecule has 1 amide bonds. The Labute approximate surface area is 182 Å². The molecule has 166 valence electrons. The second kappa shape index (κ2) is 7.86. The third-order valence-corrected chi connectivity index (χ3v) is 7.52. The van der Waals surface area contributed by atoms with Crippen molar-refractivity contribution in [3.05, 3.63) is 34.9 Å². The summed E-state index contributed by atoms with van der Waals surface area (Å²) in [6.45, 7) is 8.05. The molecule has 2 saturated carbocycles. The van der Waals surface area contributed by atoms with Gasteiger partial charge in [0.15, 0.2) is 11.5 Å². The molecular formula is C24H30N2O5. The molecule has 0 radical (unpaired) electrons. The van der Waals surface area contributed by atoms with Gasteiger partial charge in [-0.15, -0.1) is 0 Å². The summed E-state index contributed by atoms with van der Waals surface area (Å²) in [5.41, 5.74) is 3.60. The van der Waals surface area contributed by atoms with Crippen LogP contribution in [0.5, 0.6) is 11.5 Å². The van der Waals surface area contributed by atoms with Gasteiger partial charge in [0.25, 0.3) is 0 Å². The number of rotatable bonds is 4. The minimum absolute atomic E-state index is 0.0359. The molecule has 31 heavy (non-hydrogen) atoms. The van der Waals surface area contributed by atoms with Crippen LogP contribution >= 0.6 is 0 Å². The molecule has 2 bridgehead atoms. The van der Waals surface area contributed by atoms with Crippen LogP contribution in [0.2, 0.25) is 0 Å². The fourth-order valence-electron chi connectivity index (χ4n) is 6.22. The lowest BCUT2D eigenvalue weighted by molar-refractivity contribution is -0.153. The van der Waals surface area contributed by atoms with Gasteiger partial charge in [-0.3, -0.25) is 14.5 Å². The van der Waals surface area contributed by atoms with Crippen molar-refractivity contribution in [2.45, 2.75) is 33.2 Å². The van der Waals surface area contributed by atoms with Gasteiger partial charge in [0.2, 0.25) is 12.7 Å². The molecule has 2 heterocycles. The minimum atomic E-state index is -0.814. The molecule has 2 aliphatic carbocycles. The molecule has 1 N–H and O–H groups in total. The lowest BCUT2D eigenvalue weighted by atomic mass is 9.78.